The van der Waals surface area contributed by atoms with Gasteiger partial charge in [0, 0.05) is 23.2 Å². The first-order valence-electron chi connectivity index (χ1n) is 19.7. The Hall–Kier alpha value is -2.32. The van der Waals surface area contributed by atoms with Crippen LogP contribution in [0.3, 0.4) is 0 Å². The van der Waals surface area contributed by atoms with Crippen LogP contribution in [-0.4, -0.2) is 58.6 Å². The van der Waals surface area contributed by atoms with Crippen molar-refractivity contribution < 1.29 is 38.9 Å². The second-order valence-corrected chi connectivity index (χ2v) is 16.1. The Labute approximate surface area is 294 Å². The second-order valence-electron chi connectivity index (χ2n) is 16.1. The summed E-state index contributed by atoms with van der Waals surface area (Å²) in [7, 11) is 0. The predicted octanol–water partition coefficient (Wildman–Crippen LogP) is 7.91. The molecule has 7 atom stereocenters. The van der Waals surface area contributed by atoms with Crippen LogP contribution >= 0.6 is 0 Å². The van der Waals surface area contributed by atoms with Gasteiger partial charge < -0.3 is 19.7 Å². The van der Waals surface area contributed by atoms with Crippen LogP contribution in [0.1, 0.15) is 156 Å². The van der Waals surface area contributed by atoms with E-state index in [1.165, 1.54) is 77.0 Å². The minimum atomic E-state index is -1.73. The molecule has 0 bridgehead atoms. The van der Waals surface area contributed by atoms with Crippen LogP contribution in [-0.2, 0) is 28.7 Å². The quantitative estimate of drug-likeness (QED) is 0.0923. The maximum absolute atomic E-state index is 13.5. The Balaban J connectivity index is 1.09. The fraction of sp³-hybridized carbons (Fsp3) is 0.805. The van der Waals surface area contributed by atoms with Crippen LogP contribution in [0.4, 0.5) is 0 Å². The minimum Gasteiger partial charge on any atom is -0.455 e. The molecule has 276 valence electrons. The van der Waals surface area contributed by atoms with Crippen molar-refractivity contribution in [2.24, 2.45) is 28.6 Å². The number of hydrogen-bond acceptors (Lipinski definition) is 8. The summed E-state index contributed by atoms with van der Waals surface area (Å²) in [6, 6.07) is 0. The molecular weight excluding hydrogens is 620 g/mol. The van der Waals surface area contributed by atoms with Gasteiger partial charge in [0.1, 0.15) is 5.60 Å². The van der Waals surface area contributed by atoms with Gasteiger partial charge in [-0.1, -0.05) is 122 Å². The highest BCUT2D eigenvalue weighted by Crippen LogP contribution is 2.67. The Morgan fingerprint density at radius 2 is 1.39 bits per heavy atom. The lowest BCUT2D eigenvalue weighted by molar-refractivity contribution is -0.182. The topological polar surface area (TPSA) is 127 Å². The highest BCUT2D eigenvalue weighted by atomic mass is 16.6. The highest BCUT2D eigenvalue weighted by Gasteiger charge is 2.68. The molecule has 0 aliphatic heterocycles. The zero-order valence-corrected chi connectivity index (χ0v) is 30.6. The molecule has 0 amide bonds. The largest absolute Gasteiger partial charge is 0.455 e. The molecular formula is C41H64O8. The molecule has 4 rings (SSSR count). The van der Waals surface area contributed by atoms with Crippen molar-refractivity contribution in [3.63, 3.8) is 0 Å². The third-order valence-electron chi connectivity index (χ3n) is 12.8. The number of rotatable bonds is 21. The number of esters is 2. The first-order chi connectivity index (χ1) is 23.5. The number of fused-ring (bicyclic) bond motifs is 5. The number of ether oxygens (including phenoxy) is 2. The number of allylic oxidation sites excluding steroid dienone is 4. The van der Waals surface area contributed by atoms with E-state index in [1.807, 2.05) is 13.0 Å². The molecule has 49 heavy (non-hydrogen) atoms. The van der Waals surface area contributed by atoms with E-state index in [0.29, 0.717) is 6.42 Å². The van der Waals surface area contributed by atoms with Crippen molar-refractivity contribution in [2.75, 3.05) is 13.2 Å². The minimum absolute atomic E-state index is 0.00984. The van der Waals surface area contributed by atoms with E-state index >= 15 is 0 Å². The molecule has 3 fully saturated rings. The Morgan fingerprint density at radius 3 is 2.00 bits per heavy atom. The van der Waals surface area contributed by atoms with Crippen LogP contribution in [0.25, 0.3) is 0 Å². The van der Waals surface area contributed by atoms with E-state index in [9.17, 15) is 29.4 Å². The van der Waals surface area contributed by atoms with Crippen molar-refractivity contribution in [3.8, 4) is 0 Å². The van der Waals surface area contributed by atoms with E-state index in [0.717, 1.165) is 37.7 Å². The molecule has 0 heterocycles. The number of unbranched alkanes of at least 4 members (excludes halogenated alkanes) is 14. The van der Waals surface area contributed by atoms with Crippen molar-refractivity contribution in [3.05, 3.63) is 23.8 Å². The van der Waals surface area contributed by atoms with Crippen molar-refractivity contribution in [1.82, 2.24) is 0 Å². The molecule has 3 saturated carbocycles. The molecule has 0 aromatic rings. The van der Waals surface area contributed by atoms with Gasteiger partial charge in [-0.3, -0.25) is 14.4 Å². The van der Waals surface area contributed by atoms with Gasteiger partial charge in [-0.2, -0.15) is 0 Å². The van der Waals surface area contributed by atoms with Crippen LogP contribution in [0.15, 0.2) is 23.8 Å². The lowest BCUT2D eigenvalue weighted by atomic mass is 9.46. The molecule has 2 N–H and O–H groups in total. The van der Waals surface area contributed by atoms with Gasteiger partial charge in [-0.05, 0) is 62.5 Å². The standard InChI is InChI=1S/C41H64O8/c1-4-5-6-7-8-9-10-11-12-13-14-15-16-17-18-19-36(45)49-29-37(46)48-28-35(44)41(47)25-23-33-32-21-20-30-26-31(42)22-24-39(30,2)38(32)34(43)27-40(33,41)3/h22,24,26,32-34,38,43,47H,4-21,23,25,27-29H2,1-3H3/t32?,33?,34?,38?,39-,40-,41-/m0/s1. The smallest absolute Gasteiger partial charge is 0.344 e. The maximum atomic E-state index is 13.5. The van der Waals surface area contributed by atoms with Crippen LogP contribution in [0, 0.1) is 28.6 Å². The van der Waals surface area contributed by atoms with Gasteiger partial charge in [0.25, 0.3) is 0 Å². The second kappa shape index (κ2) is 18.3. The molecule has 0 saturated heterocycles. The summed E-state index contributed by atoms with van der Waals surface area (Å²) in [5, 5.41) is 23.4. The van der Waals surface area contributed by atoms with Gasteiger partial charge in [0.2, 0.25) is 5.78 Å². The van der Waals surface area contributed by atoms with Crippen LogP contribution in [0.2, 0.25) is 0 Å². The fourth-order valence-electron chi connectivity index (χ4n) is 9.95. The van der Waals surface area contributed by atoms with Gasteiger partial charge >= 0.3 is 11.9 Å². The molecule has 0 radical (unpaired) electrons. The summed E-state index contributed by atoms with van der Waals surface area (Å²) >= 11 is 0. The Morgan fingerprint density at radius 1 is 0.816 bits per heavy atom. The third kappa shape index (κ3) is 9.52. The molecule has 0 spiro atoms. The van der Waals surface area contributed by atoms with Gasteiger partial charge in [-0.25, -0.2) is 4.79 Å². The lowest BCUT2D eigenvalue weighted by Crippen LogP contribution is -2.61. The van der Waals surface area contributed by atoms with Gasteiger partial charge in [0.05, 0.1) is 6.10 Å². The monoisotopic (exact) mass is 684 g/mol. The summed E-state index contributed by atoms with van der Waals surface area (Å²) in [5.41, 5.74) is -1.98. The summed E-state index contributed by atoms with van der Waals surface area (Å²) in [6.07, 6.45) is 26.0. The molecule has 0 aromatic heterocycles. The number of hydrogen-bond donors (Lipinski definition) is 2. The number of aliphatic hydroxyl groups is 2. The zero-order valence-electron chi connectivity index (χ0n) is 30.6. The predicted molar refractivity (Wildman–Crippen MR) is 189 cm³/mol. The molecule has 8 nitrogen and oxygen atoms in total. The number of carbonyl (C=O) groups excluding carboxylic acids is 4. The lowest BCUT2D eigenvalue weighted by Gasteiger charge is -2.59. The Bertz CT molecular complexity index is 1210. The van der Waals surface area contributed by atoms with Crippen molar-refractivity contribution >= 4 is 23.5 Å². The van der Waals surface area contributed by atoms with E-state index in [2.05, 4.69) is 13.8 Å². The summed E-state index contributed by atoms with van der Waals surface area (Å²) in [6.45, 7) is 5.07. The molecule has 4 aliphatic rings. The average molecular weight is 685 g/mol. The highest BCUT2D eigenvalue weighted by molar-refractivity contribution is 6.01. The van der Waals surface area contributed by atoms with Crippen molar-refractivity contribution in [1.29, 1.82) is 0 Å². The maximum Gasteiger partial charge on any atom is 0.344 e. The first-order valence-corrected chi connectivity index (χ1v) is 19.7. The van der Waals surface area contributed by atoms with E-state index in [-0.39, 0.29) is 42.8 Å². The first kappa shape index (κ1) is 39.5. The number of aliphatic hydroxyl groups excluding tert-OH is 1. The molecule has 0 aromatic carbocycles. The van der Waals surface area contributed by atoms with Gasteiger partial charge in [0.15, 0.2) is 19.0 Å². The number of ketones is 2. The summed E-state index contributed by atoms with van der Waals surface area (Å²) in [5.74, 6) is -1.88. The molecule has 4 unspecified atom stereocenters. The van der Waals surface area contributed by atoms with Crippen LogP contribution < -0.4 is 0 Å². The third-order valence-corrected chi connectivity index (χ3v) is 12.8. The SMILES string of the molecule is CCCCCCCCCCCCCCCCCC(=O)OCC(=O)OCC(=O)[C@@]1(O)CCC2C3CCC4=CC(=O)C=C[C@]4(C)C3C(O)C[C@@]21C. The van der Waals surface area contributed by atoms with Gasteiger partial charge in [-0.15, -0.1) is 0 Å². The average Bonchev–Trinajstić information content (AvgIpc) is 3.34. The zero-order chi connectivity index (χ0) is 35.5. The van der Waals surface area contributed by atoms with E-state index in [4.69, 9.17) is 9.47 Å². The molecule has 8 heteroatoms. The number of carbonyl (C=O) groups is 4. The van der Waals surface area contributed by atoms with Crippen molar-refractivity contribution in [2.45, 2.75) is 167 Å². The summed E-state index contributed by atoms with van der Waals surface area (Å²) in [4.78, 5) is 50.1. The fourth-order valence-corrected chi connectivity index (χ4v) is 9.95. The van der Waals surface area contributed by atoms with E-state index in [1.54, 1.807) is 12.2 Å². The normalized spacial score (nSPS) is 31.8. The number of Topliss-reactive ketones (excluding diaryl/α,β-unsaturated/α-hetero) is 1. The van der Waals surface area contributed by atoms with E-state index < -0.39 is 53.5 Å². The molecule has 4 aliphatic carbocycles. The van der Waals surface area contributed by atoms with Crippen LogP contribution in [0.5, 0.6) is 0 Å². The summed E-state index contributed by atoms with van der Waals surface area (Å²) < 4.78 is 10.3. The Kier molecular flexibility index (Phi) is 14.7.